The van der Waals surface area contributed by atoms with E-state index >= 15 is 0 Å². The molecule has 3 aromatic heterocycles. The van der Waals surface area contributed by atoms with Crippen LogP contribution in [0.3, 0.4) is 0 Å². The molecule has 1 atom stereocenters. The van der Waals surface area contributed by atoms with Gasteiger partial charge in [-0.1, -0.05) is 6.07 Å². The molecule has 0 radical (unpaired) electrons. The number of nitrogens with one attached hydrogen (secondary N) is 1. The fraction of sp³-hybridized carbons (Fsp3) is 0.267. The van der Waals surface area contributed by atoms with Gasteiger partial charge in [0.25, 0.3) is 0 Å². The molecule has 3 aromatic rings. The Labute approximate surface area is 121 Å². The second kappa shape index (κ2) is 5.14. The summed E-state index contributed by atoms with van der Waals surface area (Å²) in [6.07, 6.45) is 5.35. The van der Waals surface area contributed by atoms with Gasteiger partial charge in [0.05, 0.1) is 30.4 Å². The Morgan fingerprint density at radius 3 is 3.10 bits per heavy atom. The van der Waals surface area contributed by atoms with Crippen LogP contribution in [0.4, 0.5) is 5.82 Å². The second-order valence-electron chi connectivity index (χ2n) is 4.99. The number of ether oxygens (including phenoxy) is 1. The SMILES string of the molecule is c1ccc(N2CCOCC2c2nc3ccncc3[nH]2)nc1. The summed E-state index contributed by atoms with van der Waals surface area (Å²) >= 11 is 0. The van der Waals surface area contributed by atoms with E-state index in [9.17, 15) is 0 Å². The third-order valence-electron chi connectivity index (χ3n) is 3.69. The highest BCUT2D eigenvalue weighted by atomic mass is 16.5. The Hall–Kier alpha value is -2.47. The number of pyridine rings is 2. The van der Waals surface area contributed by atoms with Crippen molar-refractivity contribution in [2.45, 2.75) is 6.04 Å². The Kier molecular flexibility index (Phi) is 3.01. The molecule has 0 bridgehead atoms. The molecule has 1 unspecified atom stereocenters. The van der Waals surface area contributed by atoms with E-state index in [0.717, 1.165) is 29.2 Å². The lowest BCUT2D eigenvalue weighted by molar-refractivity contribution is 0.0916. The minimum Gasteiger partial charge on any atom is -0.377 e. The highest BCUT2D eigenvalue weighted by Crippen LogP contribution is 2.27. The topological polar surface area (TPSA) is 66.9 Å². The van der Waals surface area contributed by atoms with Crippen molar-refractivity contribution in [1.29, 1.82) is 0 Å². The number of hydrogen-bond donors (Lipinski definition) is 1. The maximum Gasteiger partial charge on any atom is 0.132 e. The Morgan fingerprint density at radius 2 is 2.24 bits per heavy atom. The van der Waals surface area contributed by atoms with Crippen molar-refractivity contribution >= 4 is 16.9 Å². The summed E-state index contributed by atoms with van der Waals surface area (Å²) in [5, 5.41) is 0. The molecule has 0 aromatic carbocycles. The summed E-state index contributed by atoms with van der Waals surface area (Å²) in [4.78, 5) is 18.8. The van der Waals surface area contributed by atoms with Crippen molar-refractivity contribution < 1.29 is 4.74 Å². The summed E-state index contributed by atoms with van der Waals surface area (Å²) in [6.45, 7) is 2.11. The van der Waals surface area contributed by atoms with Gasteiger partial charge in [-0.15, -0.1) is 0 Å². The van der Waals surface area contributed by atoms with Gasteiger partial charge in [-0.05, 0) is 18.2 Å². The lowest BCUT2D eigenvalue weighted by Crippen LogP contribution is -2.40. The van der Waals surface area contributed by atoms with Gasteiger partial charge < -0.3 is 14.6 Å². The van der Waals surface area contributed by atoms with E-state index in [1.807, 2.05) is 30.5 Å². The zero-order valence-corrected chi connectivity index (χ0v) is 11.4. The summed E-state index contributed by atoms with van der Waals surface area (Å²) in [7, 11) is 0. The molecule has 21 heavy (non-hydrogen) atoms. The zero-order valence-electron chi connectivity index (χ0n) is 11.4. The van der Waals surface area contributed by atoms with Gasteiger partial charge in [0, 0.05) is 18.9 Å². The molecule has 4 heterocycles. The summed E-state index contributed by atoms with van der Waals surface area (Å²) in [6, 6.07) is 7.89. The molecular formula is C15H15N5O. The first kappa shape index (κ1) is 12.3. The lowest BCUT2D eigenvalue weighted by Gasteiger charge is -2.35. The number of anilines is 1. The van der Waals surface area contributed by atoms with E-state index in [1.54, 1.807) is 12.4 Å². The molecule has 1 N–H and O–H groups in total. The monoisotopic (exact) mass is 281 g/mol. The van der Waals surface area contributed by atoms with E-state index in [-0.39, 0.29) is 6.04 Å². The highest BCUT2D eigenvalue weighted by Gasteiger charge is 2.28. The van der Waals surface area contributed by atoms with Gasteiger partial charge in [-0.25, -0.2) is 9.97 Å². The smallest absolute Gasteiger partial charge is 0.132 e. The van der Waals surface area contributed by atoms with Gasteiger partial charge in [0.1, 0.15) is 17.7 Å². The molecule has 1 aliphatic rings. The fourth-order valence-corrected chi connectivity index (χ4v) is 2.66. The molecule has 1 fully saturated rings. The molecule has 4 rings (SSSR count). The number of nitrogens with zero attached hydrogens (tertiary/aromatic N) is 4. The molecule has 106 valence electrons. The lowest BCUT2D eigenvalue weighted by atomic mass is 10.2. The van der Waals surface area contributed by atoms with E-state index in [2.05, 4.69) is 24.8 Å². The van der Waals surface area contributed by atoms with E-state index in [1.165, 1.54) is 0 Å². The number of fused-ring (bicyclic) bond motifs is 1. The average molecular weight is 281 g/mol. The largest absolute Gasteiger partial charge is 0.377 e. The van der Waals surface area contributed by atoms with Crippen LogP contribution < -0.4 is 4.90 Å². The Morgan fingerprint density at radius 1 is 1.24 bits per heavy atom. The molecular weight excluding hydrogens is 266 g/mol. The first-order chi connectivity index (χ1) is 10.4. The molecule has 1 aliphatic heterocycles. The molecule has 6 heteroatoms. The second-order valence-corrected chi connectivity index (χ2v) is 4.99. The number of H-pyrrole nitrogens is 1. The molecule has 0 amide bonds. The third kappa shape index (κ3) is 2.23. The maximum absolute atomic E-state index is 5.64. The number of imidazole rings is 1. The summed E-state index contributed by atoms with van der Waals surface area (Å²) in [5.41, 5.74) is 1.87. The van der Waals surface area contributed by atoms with Crippen molar-refractivity contribution in [3.05, 3.63) is 48.7 Å². The summed E-state index contributed by atoms with van der Waals surface area (Å²) < 4.78 is 5.64. The van der Waals surface area contributed by atoms with Crippen LogP contribution in [0.25, 0.3) is 11.0 Å². The van der Waals surface area contributed by atoms with E-state index in [4.69, 9.17) is 4.74 Å². The van der Waals surface area contributed by atoms with Gasteiger partial charge in [-0.2, -0.15) is 0 Å². The minimum absolute atomic E-state index is 0.0426. The van der Waals surface area contributed by atoms with Crippen LogP contribution in [0.15, 0.2) is 42.9 Å². The standard InChI is InChI=1S/C15H15N5O/c1-2-5-17-14(3-1)20-7-8-21-10-13(20)15-18-11-4-6-16-9-12(11)19-15/h1-6,9,13H,7-8,10H2,(H,18,19). The van der Waals surface area contributed by atoms with Crippen molar-refractivity contribution in [2.24, 2.45) is 0 Å². The van der Waals surface area contributed by atoms with Crippen LogP contribution in [0.1, 0.15) is 11.9 Å². The molecule has 6 nitrogen and oxygen atoms in total. The van der Waals surface area contributed by atoms with E-state index in [0.29, 0.717) is 13.2 Å². The molecule has 0 spiro atoms. The Balaban J connectivity index is 1.73. The van der Waals surface area contributed by atoms with Crippen LogP contribution in [-0.2, 0) is 4.74 Å². The van der Waals surface area contributed by atoms with Crippen molar-refractivity contribution in [1.82, 2.24) is 19.9 Å². The third-order valence-corrected chi connectivity index (χ3v) is 3.69. The molecule has 1 saturated heterocycles. The van der Waals surface area contributed by atoms with Crippen LogP contribution in [0, 0.1) is 0 Å². The van der Waals surface area contributed by atoms with Gasteiger partial charge in [-0.3, -0.25) is 4.98 Å². The number of aromatic amines is 1. The number of rotatable bonds is 2. The number of morpholine rings is 1. The first-order valence-corrected chi connectivity index (χ1v) is 6.97. The quantitative estimate of drug-likeness (QED) is 0.777. The van der Waals surface area contributed by atoms with E-state index < -0.39 is 0 Å². The predicted octanol–water partition coefficient (Wildman–Crippen LogP) is 1.93. The normalized spacial score (nSPS) is 19.0. The maximum atomic E-state index is 5.64. The van der Waals surface area contributed by atoms with Crippen LogP contribution >= 0.6 is 0 Å². The van der Waals surface area contributed by atoms with Crippen LogP contribution in [-0.4, -0.2) is 39.7 Å². The van der Waals surface area contributed by atoms with Gasteiger partial charge in [0.2, 0.25) is 0 Å². The summed E-state index contributed by atoms with van der Waals surface area (Å²) in [5.74, 6) is 1.84. The molecule has 0 aliphatic carbocycles. The van der Waals surface area contributed by atoms with Gasteiger partial charge >= 0.3 is 0 Å². The average Bonchev–Trinajstić information content (AvgIpc) is 2.99. The fourth-order valence-electron chi connectivity index (χ4n) is 2.66. The zero-order chi connectivity index (χ0) is 14.1. The van der Waals surface area contributed by atoms with Crippen molar-refractivity contribution in [3.63, 3.8) is 0 Å². The number of aromatic nitrogens is 4. The highest BCUT2D eigenvalue weighted by molar-refractivity contribution is 5.73. The van der Waals surface area contributed by atoms with Crippen molar-refractivity contribution in [3.8, 4) is 0 Å². The van der Waals surface area contributed by atoms with Crippen molar-refractivity contribution in [2.75, 3.05) is 24.7 Å². The van der Waals surface area contributed by atoms with Crippen LogP contribution in [0.5, 0.6) is 0 Å². The van der Waals surface area contributed by atoms with Gasteiger partial charge in [0.15, 0.2) is 0 Å². The Bertz CT molecular complexity index is 709. The first-order valence-electron chi connectivity index (χ1n) is 6.97. The minimum atomic E-state index is 0.0426. The van der Waals surface area contributed by atoms with Crippen LogP contribution in [0.2, 0.25) is 0 Å². The number of hydrogen-bond acceptors (Lipinski definition) is 5. The molecule has 0 saturated carbocycles. The predicted molar refractivity (Wildman–Crippen MR) is 79.0 cm³/mol.